The lowest BCUT2D eigenvalue weighted by atomic mass is 10.1. The highest BCUT2D eigenvalue weighted by Gasteiger charge is 2.23. The van der Waals surface area contributed by atoms with Crippen LogP contribution in [0.15, 0.2) is 53.4 Å². The molecule has 9 heteroatoms. The Morgan fingerprint density at radius 3 is 2.65 bits per heavy atom. The van der Waals surface area contributed by atoms with Gasteiger partial charge in [0.15, 0.2) is 6.61 Å². The highest BCUT2D eigenvalue weighted by Crippen LogP contribution is 2.18. The van der Waals surface area contributed by atoms with Crippen molar-refractivity contribution >= 4 is 21.9 Å². The maximum absolute atomic E-state index is 12.8. The zero-order valence-corrected chi connectivity index (χ0v) is 18.4. The van der Waals surface area contributed by atoms with E-state index in [0.29, 0.717) is 25.3 Å². The third-order valence-corrected chi connectivity index (χ3v) is 6.49. The predicted octanol–water partition coefficient (Wildman–Crippen LogP) is 1.88. The van der Waals surface area contributed by atoms with E-state index < -0.39 is 22.6 Å². The minimum absolute atomic E-state index is 0.00814. The van der Waals surface area contributed by atoms with Gasteiger partial charge < -0.3 is 14.4 Å². The van der Waals surface area contributed by atoms with Gasteiger partial charge in [0.05, 0.1) is 23.2 Å². The van der Waals surface area contributed by atoms with Gasteiger partial charge in [-0.15, -0.1) is 0 Å². The number of hydrogen-bond acceptors (Lipinski definition) is 6. The van der Waals surface area contributed by atoms with Crippen LogP contribution in [-0.4, -0.2) is 57.6 Å². The van der Waals surface area contributed by atoms with Crippen LogP contribution in [0.1, 0.15) is 28.4 Å². The molecule has 8 nitrogen and oxygen atoms in total. The number of nitrogens with one attached hydrogen (secondary N) is 1. The fourth-order valence-corrected chi connectivity index (χ4v) is 4.50. The number of aryl methyl sites for hydroxylation is 1. The van der Waals surface area contributed by atoms with Crippen LogP contribution in [-0.2, 0) is 30.8 Å². The molecule has 0 saturated carbocycles. The van der Waals surface area contributed by atoms with Crippen molar-refractivity contribution in [2.75, 3.05) is 26.3 Å². The van der Waals surface area contributed by atoms with Crippen LogP contribution in [0.5, 0.6) is 0 Å². The number of carbonyl (C=O) groups excluding carboxylic acids is 2. The third kappa shape index (κ3) is 6.13. The van der Waals surface area contributed by atoms with Gasteiger partial charge in [-0.25, -0.2) is 17.9 Å². The Hall–Kier alpha value is -2.75. The summed E-state index contributed by atoms with van der Waals surface area (Å²) < 4.78 is 38.6. The molecular weight excluding hydrogens is 420 g/mol. The fraction of sp³-hybridized carbons (Fsp3) is 0.364. The molecule has 1 N–H and O–H groups in total. The molecule has 2 aromatic carbocycles. The largest absolute Gasteiger partial charge is 0.452 e. The Balaban J connectivity index is 1.65. The second kappa shape index (κ2) is 10.0. The Morgan fingerprint density at radius 1 is 1.19 bits per heavy atom. The van der Waals surface area contributed by atoms with E-state index in [4.69, 9.17) is 9.47 Å². The van der Waals surface area contributed by atoms with Gasteiger partial charge in [0.2, 0.25) is 10.0 Å². The minimum atomic E-state index is -3.85. The van der Waals surface area contributed by atoms with Crippen molar-refractivity contribution in [2.24, 2.45) is 0 Å². The summed E-state index contributed by atoms with van der Waals surface area (Å²) >= 11 is 0. The van der Waals surface area contributed by atoms with Crippen LogP contribution in [0.3, 0.4) is 0 Å². The zero-order valence-electron chi connectivity index (χ0n) is 17.5. The molecule has 1 aliphatic heterocycles. The van der Waals surface area contributed by atoms with E-state index in [1.165, 1.54) is 12.1 Å². The van der Waals surface area contributed by atoms with Gasteiger partial charge in [-0.1, -0.05) is 36.4 Å². The van der Waals surface area contributed by atoms with Crippen LogP contribution < -0.4 is 4.72 Å². The maximum Gasteiger partial charge on any atom is 0.338 e. The van der Waals surface area contributed by atoms with Gasteiger partial charge in [-0.05, 0) is 37.1 Å². The van der Waals surface area contributed by atoms with E-state index in [-0.39, 0.29) is 29.0 Å². The SMILES string of the molecule is Cc1ccc(C(=O)OCC(=O)N2CCOC(C)C2)cc1S(=O)(=O)NCc1ccccc1. The summed E-state index contributed by atoms with van der Waals surface area (Å²) in [4.78, 5) is 26.3. The van der Waals surface area contributed by atoms with Gasteiger partial charge in [-0.2, -0.15) is 0 Å². The summed E-state index contributed by atoms with van der Waals surface area (Å²) in [6.07, 6.45) is -0.0679. The first kappa shape index (κ1) is 22.9. The van der Waals surface area contributed by atoms with Crippen LogP contribution in [0.2, 0.25) is 0 Å². The third-order valence-electron chi connectivity index (χ3n) is 4.94. The Morgan fingerprint density at radius 2 is 1.94 bits per heavy atom. The molecule has 1 unspecified atom stereocenters. The van der Waals surface area contributed by atoms with Crippen molar-refractivity contribution in [1.29, 1.82) is 0 Å². The molecule has 166 valence electrons. The number of amides is 1. The average molecular weight is 447 g/mol. The number of esters is 1. The quantitative estimate of drug-likeness (QED) is 0.652. The number of benzene rings is 2. The molecule has 0 aliphatic carbocycles. The van der Waals surface area contributed by atoms with Crippen molar-refractivity contribution in [1.82, 2.24) is 9.62 Å². The smallest absolute Gasteiger partial charge is 0.338 e. The van der Waals surface area contributed by atoms with E-state index in [1.807, 2.05) is 37.3 Å². The standard InChI is InChI=1S/C22H26N2O6S/c1-16-8-9-19(22(26)30-15-21(25)24-10-11-29-17(2)14-24)12-20(16)31(27,28)23-13-18-6-4-3-5-7-18/h3-9,12,17,23H,10-11,13-15H2,1-2H3. The summed E-state index contributed by atoms with van der Waals surface area (Å²) in [5.74, 6) is -1.07. The lowest BCUT2D eigenvalue weighted by molar-refractivity contribution is -0.141. The molecular formula is C22H26N2O6S. The van der Waals surface area contributed by atoms with Crippen molar-refractivity contribution in [3.8, 4) is 0 Å². The summed E-state index contributed by atoms with van der Waals surface area (Å²) in [6.45, 7) is 4.56. The molecule has 1 aliphatic rings. The van der Waals surface area contributed by atoms with Gasteiger partial charge >= 0.3 is 5.97 Å². The second-order valence-electron chi connectivity index (χ2n) is 7.39. The van der Waals surface area contributed by atoms with Crippen LogP contribution in [0, 0.1) is 6.92 Å². The molecule has 1 amide bonds. The summed E-state index contributed by atoms with van der Waals surface area (Å²) in [5, 5.41) is 0. The van der Waals surface area contributed by atoms with Gasteiger partial charge in [-0.3, -0.25) is 4.79 Å². The highest BCUT2D eigenvalue weighted by atomic mass is 32.2. The predicted molar refractivity (Wildman–Crippen MR) is 114 cm³/mol. The minimum Gasteiger partial charge on any atom is -0.452 e. The number of nitrogens with zero attached hydrogens (tertiary/aromatic N) is 1. The summed E-state index contributed by atoms with van der Waals surface area (Å²) in [7, 11) is -3.85. The van der Waals surface area contributed by atoms with Crippen LogP contribution in [0.25, 0.3) is 0 Å². The molecule has 1 fully saturated rings. The van der Waals surface area contributed by atoms with E-state index in [1.54, 1.807) is 17.9 Å². The molecule has 1 saturated heterocycles. The van der Waals surface area contributed by atoms with E-state index in [0.717, 1.165) is 5.56 Å². The first-order valence-electron chi connectivity index (χ1n) is 9.97. The number of rotatable bonds is 7. The van der Waals surface area contributed by atoms with E-state index >= 15 is 0 Å². The molecule has 0 aromatic heterocycles. The van der Waals surface area contributed by atoms with Crippen molar-refractivity contribution < 1.29 is 27.5 Å². The second-order valence-corrected chi connectivity index (χ2v) is 9.12. The molecule has 31 heavy (non-hydrogen) atoms. The molecule has 0 spiro atoms. The Bertz CT molecular complexity index is 1040. The number of carbonyl (C=O) groups is 2. The average Bonchev–Trinajstić information content (AvgIpc) is 2.77. The maximum atomic E-state index is 12.8. The van der Waals surface area contributed by atoms with Gasteiger partial charge in [0, 0.05) is 19.6 Å². The lowest BCUT2D eigenvalue weighted by Crippen LogP contribution is -2.46. The Labute approximate surface area is 182 Å². The molecule has 0 bridgehead atoms. The highest BCUT2D eigenvalue weighted by molar-refractivity contribution is 7.89. The van der Waals surface area contributed by atoms with Crippen molar-refractivity contribution in [2.45, 2.75) is 31.4 Å². The molecule has 0 radical (unpaired) electrons. The zero-order chi connectivity index (χ0) is 22.4. The number of ether oxygens (including phenoxy) is 2. The molecule has 1 heterocycles. The summed E-state index contributed by atoms with van der Waals surface area (Å²) in [5.41, 5.74) is 1.37. The van der Waals surface area contributed by atoms with Crippen molar-refractivity contribution in [3.05, 3.63) is 65.2 Å². The van der Waals surface area contributed by atoms with E-state index in [9.17, 15) is 18.0 Å². The number of sulfonamides is 1. The monoisotopic (exact) mass is 446 g/mol. The van der Waals surface area contributed by atoms with Crippen LogP contribution in [0.4, 0.5) is 0 Å². The normalized spacial score (nSPS) is 16.7. The topological polar surface area (TPSA) is 102 Å². The Kier molecular flexibility index (Phi) is 7.42. The number of morpholine rings is 1. The van der Waals surface area contributed by atoms with Gasteiger partial charge in [0.1, 0.15) is 0 Å². The van der Waals surface area contributed by atoms with Crippen molar-refractivity contribution in [3.63, 3.8) is 0 Å². The summed E-state index contributed by atoms with van der Waals surface area (Å²) in [6, 6.07) is 13.4. The van der Waals surface area contributed by atoms with Gasteiger partial charge in [0.25, 0.3) is 5.91 Å². The number of hydrogen-bond donors (Lipinski definition) is 1. The first-order chi connectivity index (χ1) is 14.8. The first-order valence-corrected chi connectivity index (χ1v) is 11.5. The molecule has 2 aromatic rings. The lowest BCUT2D eigenvalue weighted by Gasteiger charge is -2.30. The molecule has 3 rings (SSSR count). The fourth-order valence-electron chi connectivity index (χ4n) is 3.22. The molecule has 1 atom stereocenters. The van der Waals surface area contributed by atoms with E-state index in [2.05, 4.69) is 4.72 Å². The van der Waals surface area contributed by atoms with Crippen LogP contribution >= 0.6 is 0 Å².